The summed E-state index contributed by atoms with van der Waals surface area (Å²) in [6.45, 7) is 8.21. The van der Waals surface area contributed by atoms with Crippen LogP contribution in [0.25, 0.3) is 11.1 Å². The van der Waals surface area contributed by atoms with Crippen molar-refractivity contribution >= 4 is 11.1 Å². The molecule has 4 heteroatoms. The number of aryl methyl sites for hydroxylation is 2. The highest BCUT2D eigenvalue weighted by Gasteiger charge is 2.23. The third-order valence-corrected chi connectivity index (χ3v) is 3.42. The standard InChI is InChI=1S/C15H22N2O2/c1-8(2)5-11(16)14(18)15-17-12-6-9(3)10(4)7-13(12)19-15/h6-8,11,14,18H,5,16H2,1-4H3/t11-,14?/m1/s1. The molecule has 19 heavy (non-hydrogen) atoms. The van der Waals surface area contributed by atoms with Crippen molar-refractivity contribution < 1.29 is 9.52 Å². The van der Waals surface area contributed by atoms with Gasteiger partial charge in [0.25, 0.3) is 0 Å². The molecular formula is C15H22N2O2. The minimum absolute atomic E-state index is 0.313. The number of oxazole rings is 1. The van der Waals surface area contributed by atoms with Gasteiger partial charge < -0.3 is 15.3 Å². The Hall–Kier alpha value is -1.39. The molecule has 0 aliphatic heterocycles. The Kier molecular flexibility index (Phi) is 3.92. The van der Waals surface area contributed by atoms with Gasteiger partial charge in [-0.15, -0.1) is 0 Å². The second-order valence-electron chi connectivity index (χ2n) is 5.69. The van der Waals surface area contributed by atoms with Crippen LogP contribution in [0.5, 0.6) is 0 Å². The van der Waals surface area contributed by atoms with Crippen molar-refractivity contribution in [2.24, 2.45) is 11.7 Å². The van der Waals surface area contributed by atoms with E-state index in [1.165, 1.54) is 0 Å². The van der Waals surface area contributed by atoms with Gasteiger partial charge in [0.2, 0.25) is 5.89 Å². The first kappa shape index (κ1) is 14.0. The molecular weight excluding hydrogens is 240 g/mol. The van der Waals surface area contributed by atoms with E-state index in [2.05, 4.69) is 18.8 Å². The van der Waals surface area contributed by atoms with Gasteiger partial charge in [0.05, 0.1) is 0 Å². The number of aliphatic hydroxyl groups is 1. The van der Waals surface area contributed by atoms with Crippen LogP contribution in [0.3, 0.4) is 0 Å². The van der Waals surface area contributed by atoms with Crippen molar-refractivity contribution in [1.29, 1.82) is 0 Å². The van der Waals surface area contributed by atoms with Gasteiger partial charge in [-0.2, -0.15) is 0 Å². The average molecular weight is 262 g/mol. The van der Waals surface area contributed by atoms with Gasteiger partial charge in [-0.3, -0.25) is 0 Å². The largest absolute Gasteiger partial charge is 0.438 e. The second kappa shape index (κ2) is 5.31. The van der Waals surface area contributed by atoms with Crippen LogP contribution in [0.4, 0.5) is 0 Å². The van der Waals surface area contributed by atoms with Gasteiger partial charge >= 0.3 is 0 Å². The predicted molar refractivity (Wildman–Crippen MR) is 75.9 cm³/mol. The lowest BCUT2D eigenvalue weighted by Crippen LogP contribution is -2.30. The minimum atomic E-state index is -0.851. The molecule has 3 N–H and O–H groups in total. The first-order chi connectivity index (χ1) is 8.88. The lowest BCUT2D eigenvalue weighted by molar-refractivity contribution is 0.108. The van der Waals surface area contributed by atoms with Crippen LogP contribution in [0.15, 0.2) is 16.5 Å². The van der Waals surface area contributed by atoms with Gasteiger partial charge in [-0.1, -0.05) is 13.8 Å². The van der Waals surface area contributed by atoms with E-state index >= 15 is 0 Å². The van der Waals surface area contributed by atoms with E-state index in [0.717, 1.165) is 23.1 Å². The first-order valence-corrected chi connectivity index (χ1v) is 6.69. The molecule has 0 saturated heterocycles. The molecule has 4 nitrogen and oxygen atoms in total. The molecule has 0 fully saturated rings. The van der Waals surface area contributed by atoms with Crippen LogP contribution in [0.1, 0.15) is 43.4 Å². The Bertz CT molecular complexity index is 536. The highest BCUT2D eigenvalue weighted by atomic mass is 16.4. The summed E-state index contributed by atoms with van der Waals surface area (Å²) < 4.78 is 5.63. The highest BCUT2D eigenvalue weighted by Crippen LogP contribution is 2.25. The van der Waals surface area contributed by atoms with Crippen LogP contribution in [-0.4, -0.2) is 16.1 Å². The monoisotopic (exact) mass is 262 g/mol. The third kappa shape index (κ3) is 2.96. The van der Waals surface area contributed by atoms with Crippen molar-refractivity contribution in [1.82, 2.24) is 4.98 Å². The number of rotatable bonds is 4. The van der Waals surface area contributed by atoms with Gasteiger partial charge in [-0.25, -0.2) is 4.98 Å². The number of aromatic nitrogens is 1. The Morgan fingerprint density at radius 2 is 1.89 bits per heavy atom. The Morgan fingerprint density at radius 1 is 1.26 bits per heavy atom. The fourth-order valence-electron chi connectivity index (χ4n) is 2.18. The molecule has 2 atom stereocenters. The van der Waals surface area contributed by atoms with Gasteiger partial charge in [0.1, 0.15) is 11.6 Å². The molecule has 2 aromatic rings. The van der Waals surface area contributed by atoms with Crippen molar-refractivity contribution in [3.05, 3.63) is 29.2 Å². The fraction of sp³-hybridized carbons (Fsp3) is 0.533. The molecule has 0 saturated carbocycles. The maximum atomic E-state index is 10.2. The number of nitrogens with two attached hydrogens (primary N) is 1. The van der Waals surface area contributed by atoms with E-state index in [-0.39, 0.29) is 6.04 Å². The number of hydrogen-bond acceptors (Lipinski definition) is 4. The van der Waals surface area contributed by atoms with Crippen molar-refractivity contribution in [3.8, 4) is 0 Å². The minimum Gasteiger partial charge on any atom is -0.438 e. The molecule has 0 bridgehead atoms. The number of nitrogens with zero attached hydrogens (tertiary/aromatic N) is 1. The Labute approximate surface area is 113 Å². The van der Waals surface area contributed by atoms with E-state index in [4.69, 9.17) is 10.2 Å². The molecule has 0 radical (unpaired) electrons. The quantitative estimate of drug-likeness (QED) is 0.888. The van der Waals surface area contributed by atoms with Crippen LogP contribution < -0.4 is 5.73 Å². The fourth-order valence-corrected chi connectivity index (χ4v) is 2.18. The predicted octanol–water partition coefficient (Wildman–Crippen LogP) is 2.85. The molecule has 1 unspecified atom stereocenters. The van der Waals surface area contributed by atoms with Crippen LogP contribution >= 0.6 is 0 Å². The molecule has 1 aromatic carbocycles. The second-order valence-corrected chi connectivity index (χ2v) is 5.69. The van der Waals surface area contributed by atoms with E-state index in [1.807, 2.05) is 26.0 Å². The van der Waals surface area contributed by atoms with E-state index in [0.29, 0.717) is 17.4 Å². The SMILES string of the molecule is Cc1cc2nc(C(O)[C@H](N)CC(C)C)oc2cc1C. The van der Waals surface area contributed by atoms with Crippen molar-refractivity contribution in [3.63, 3.8) is 0 Å². The van der Waals surface area contributed by atoms with Crippen molar-refractivity contribution in [2.75, 3.05) is 0 Å². The summed E-state index contributed by atoms with van der Waals surface area (Å²) in [5.41, 5.74) is 9.77. The maximum Gasteiger partial charge on any atom is 0.225 e. The van der Waals surface area contributed by atoms with E-state index in [9.17, 15) is 5.11 Å². The number of aliphatic hydroxyl groups excluding tert-OH is 1. The molecule has 0 amide bonds. The van der Waals surface area contributed by atoms with Crippen LogP contribution in [0.2, 0.25) is 0 Å². The molecule has 0 spiro atoms. The number of benzene rings is 1. The zero-order chi connectivity index (χ0) is 14.2. The third-order valence-electron chi connectivity index (χ3n) is 3.42. The Morgan fingerprint density at radius 3 is 2.53 bits per heavy atom. The Balaban J connectivity index is 2.30. The van der Waals surface area contributed by atoms with Gasteiger partial charge in [0.15, 0.2) is 5.58 Å². The summed E-state index contributed by atoms with van der Waals surface area (Å²) in [7, 11) is 0. The van der Waals surface area contributed by atoms with Crippen LogP contribution in [0, 0.1) is 19.8 Å². The molecule has 1 aromatic heterocycles. The van der Waals surface area contributed by atoms with Crippen molar-refractivity contribution in [2.45, 2.75) is 46.3 Å². The summed E-state index contributed by atoms with van der Waals surface area (Å²) in [4.78, 5) is 4.35. The topological polar surface area (TPSA) is 72.3 Å². The molecule has 2 rings (SSSR count). The maximum absolute atomic E-state index is 10.2. The van der Waals surface area contributed by atoms with E-state index < -0.39 is 6.10 Å². The summed E-state index contributed by atoms with van der Waals surface area (Å²) in [5, 5.41) is 10.2. The van der Waals surface area contributed by atoms with Gasteiger partial charge in [-0.05, 0) is 49.4 Å². The summed E-state index contributed by atoms with van der Waals surface area (Å²) in [6, 6.07) is 3.57. The zero-order valence-electron chi connectivity index (χ0n) is 12.0. The highest BCUT2D eigenvalue weighted by molar-refractivity contribution is 5.74. The molecule has 104 valence electrons. The lowest BCUT2D eigenvalue weighted by Gasteiger charge is -2.17. The molecule has 0 aliphatic carbocycles. The van der Waals surface area contributed by atoms with Gasteiger partial charge in [0, 0.05) is 6.04 Å². The summed E-state index contributed by atoms with van der Waals surface area (Å²) in [6.07, 6.45) is -0.117. The lowest BCUT2D eigenvalue weighted by atomic mass is 10.00. The normalized spacial score (nSPS) is 15.1. The number of hydrogen-bond donors (Lipinski definition) is 2. The molecule has 1 heterocycles. The van der Waals surface area contributed by atoms with E-state index in [1.54, 1.807) is 0 Å². The average Bonchev–Trinajstić information content (AvgIpc) is 2.70. The zero-order valence-corrected chi connectivity index (χ0v) is 12.0. The van der Waals surface area contributed by atoms with Crippen LogP contribution in [-0.2, 0) is 0 Å². The summed E-state index contributed by atoms with van der Waals surface area (Å²) in [5.74, 6) is 0.742. The summed E-state index contributed by atoms with van der Waals surface area (Å²) >= 11 is 0. The smallest absolute Gasteiger partial charge is 0.225 e. The first-order valence-electron chi connectivity index (χ1n) is 6.69. The molecule has 0 aliphatic rings. The number of fused-ring (bicyclic) bond motifs is 1.